The molecule has 1 amide bonds. The Morgan fingerprint density at radius 1 is 1.27 bits per heavy atom. The van der Waals surface area contributed by atoms with Crippen LogP contribution in [-0.4, -0.2) is 17.5 Å². The molecule has 0 fully saturated rings. The van der Waals surface area contributed by atoms with Crippen LogP contribution in [-0.2, 0) is 4.79 Å². The number of rotatable bonds is 6. The maximum absolute atomic E-state index is 11.9. The summed E-state index contributed by atoms with van der Waals surface area (Å²) in [5.74, 6) is 0.871. The fourth-order valence-electron chi connectivity index (χ4n) is 2.08. The Morgan fingerprint density at radius 2 is 2.05 bits per heavy atom. The number of hydrogen-bond acceptors (Lipinski definition) is 4. The Labute approximate surface area is 135 Å². The molecule has 2 aromatic rings. The van der Waals surface area contributed by atoms with Gasteiger partial charge in [0.25, 0.3) is 0 Å². The summed E-state index contributed by atoms with van der Waals surface area (Å²) in [6.07, 6.45) is 1.12. The van der Waals surface area contributed by atoms with Crippen LogP contribution in [0.4, 0.5) is 5.13 Å². The van der Waals surface area contributed by atoms with Crippen molar-refractivity contribution in [2.45, 2.75) is 40.5 Å². The summed E-state index contributed by atoms with van der Waals surface area (Å²) in [7, 11) is 0. The van der Waals surface area contributed by atoms with Crippen LogP contribution in [0.2, 0.25) is 0 Å². The Balaban J connectivity index is 1.73. The molecule has 1 heterocycles. The van der Waals surface area contributed by atoms with Gasteiger partial charge in [0, 0.05) is 11.3 Å². The van der Waals surface area contributed by atoms with Gasteiger partial charge in [0.05, 0.1) is 12.3 Å². The van der Waals surface area contributed by atoms with Gasteiger partial charge in [-0.15, -0.1) is 11.3 Å². The molecule has 22 heavy (non-hydrogen) atoms. The molecule has 0 spiro atoms. The number of thiazole rings is 1. The van der Waals surface area contributed by atoms with E-state index in [0.717, 1.165) is 21.9 Å². The van der Waals surface area contributed by atoms with E-state index in [2.05, 4.69) is 23.3 Å². The van der Waals surface area contributed by atoms with Gasteiger partial charge >= 0.3 is 0 Å². The Kier molecular flexibility index (Phi) is 5.55. The lowest BCUT2D eigenvalue weighted by atomic mass is 10.1. The van der Waals surface area contributed by atoms with Crippen molar-refractivity contribution in [2.75, 3.05) is 11.9 Å². The standard InChI is InChI=1S/C17H22N2O2S/c1-11-7-8-15(12(2)10-11)21-9-5-6-16(20)19-17-18-13(3)14(4)22-17/h7-8,10H,5-6,9H2,1-4H3,(H,18,19,20). The zero-order valence-electron chi connectivity index (χ0n) is 13.5. The summed E-state index contributed by atoms with van der Waals surface area (Å²) in [6, 6.07) is 6.10. The lowest BCUT2D eigenvalue weighted by Gasteiger charge is -2.09. The van der Waals surface area contributed by atoms with Crippen LogP contribution in [0.1, 0.15) is 34.5 Å². The van der Waals surface area contributed by atoms with Gasteiger partial charge in [0.15, 0.2) is 5.13 Å². The van der Waals surface area contributed by atoms with Crippen LogP contribution < -0.4 is 10.1 Å². The molecule has 0 aliphatic heterocycles. The number of aromatic nitrogens is 1. The highest BCUT2D eigenvalue weighted by molar-refractivity contribution is 7.15. The van der Waals surface area contributed by atoms with Gasteiger partial charge in [-0.05, 0) is 45.7 Å². The van der Waals surface area contributed by atoms with Gasteiger partial charge < -0.3 is 10.1 Å². The average Bonchev–Trinajstić information content (AvgIpc) is 2.75. The van der Waals surface area contributed by atoms with Crippen molar-refractivity contribution in [3.05, 3.63) is 39.9 Å². The zero-order chi connectivity index (χ0) is 16.1. The number of nitrogens with one attached hydrogen (secondary N) is 1. The SMILES string of the molecule is Cc1ccc(OCCCC(=O)Nc2nc(C)c(C)s2)c(C)c1. The molecule has 0 saturated carbocycles. The van der Waals surface area contributed by atoms with Gasteiger partial charge in [-0.25, -0.2) is 4.98 Å². The minimum atomic E-state index is -0.0158. The van der Waals surface area contributed by atoms with Crippen LogP contribution in [0.25, 0.3) is 0 Å². The summed E-state index contributed by atoms with van der Waals surface area (Å²) < 4.78 is 5.72. The second-order valence-corrected chi connectivity index (χ2v) is 6.63. The van der Waals surface area contributed by atoms with E-state index >= 15 is 0 Å². The van der Waals surface area contributed by atoms with Crippen molar-refractivity contribution in [3.63, 3.8) is 0 Å². The lowest BCUT2D eigenvalue weighted by molar-refractivity contribution is -0.116. The highest BCUT2D eigenvalue weighted by Gasteiger charge is 2.08. The molecule has 1 N–H and O–H groups in total. The van der Waals surface area contributed by atoms with E-state index in [4.69, 9.17) is 4.74 Å². The number of carbonyl (C=O) groups excluding carboxylic acids is 1. The number of amides is 1. The number of nitrogens with zero attached hydrogens (tertiary/aromatic N) is 1. The van der Waals surface area contributed by atoms with E-state index in [9.17, 15) is 4.79 Å². The summed E-state index contributed by atoms with van der Waals surface area (Å²) in [4.78, 5) is 17.3. The molecule has 0 atom stereocenters. The van der Waals surface area contributed by atoms with Crippen molar-refractivity contribution in [1.29, 1.82) is 0 Å². The first kappa shape index (κ1) is 16.5. The first-order valence-electron chi connectivity index (χ1n) is 7.39. The summed E-state index contributed by atoms with van der Waals surface area (Å²) in [5, 5.41) is 3.51. The monoisotopic (exact) mass is 318 g/mol. The summed E-state index contributed by atoms with van der Waals surface area (Å²) in [6.45, 7) is 8.57. The molecule has 0 saturated heterocycles. The van der Waals surface area contributed by atoms with Gasteiger partial charge in [0.1, 0.15) is 5.75 Å². The van der Waals surface area contributed by atoms with Crippen LogP contribution in [0.5, 0.6) is 5.75 Å². The maximum Gasteiger partial charge on any atom is 0.226 e. The molecular weight excluding hydrogens is 296 g/mol. The molecule has 0 aliphatic carbocycles. The molecule has 0 aliphatic rings. The predicted molar refractivity (Wildman–Crippen MR) is 90.9 cm³/mol. The van der Waals surface area contributed by atoms with Crippen LogP contribution in [0, 0.1) is 27.7 Å². The highest BCUT2D eigenvalue weighted by atomic mass is 32.1. The van der Waals surface area contributed by atoms with Crippen molar-refractivity contribution >= 4 is 22.4 Å². The predicted octanol–water partition coefficient (Wildman–Crippen LogP) is 4.17. The summed E-state index contributed by atoms with van der Waals surface area (Å²) >= 11 is 1.51. The number of ether oxygens (including phenoxy) is 1. The second-order valence-electron chi connectivity index (χ2n) is 5.43. The van der Waals surface area contributed by atoms with Crippen LogP contribution in [0.15, 0.2) is 18.2 Å². The van der Waals surface area contributed by atoms with Crippen molar-refractivity contribution < 1.29 is 9.53 Å². The fraction of sp³-hybridized carbons (Fsp3) is 0.412. The van der Waals surface area contributed by atoms with Gasteiger partial charge in [-0.2, -0.15) is 0 Å². The van der Waals surface area contributed by atoms with E-state index in [1.807, 2.05) is 32.9 Å². The minimum absolute atomic E-state index is 0.0158. The average molecular weight is 318 g/mol. The molecule has 5 heteroatoms. The third kappa shape index (κ3) is 4.56. The normalized spacial score (nSPS) is 10.5. The Hall–Kier alpha value is -1.88. The fourth-order valence-corrected chi connectivity index (χ4v) is 2.91. The molecule has 0 radical (unpaired) electrons. The third-order valence-corrected chi connectivity index (χ3v) is 4.40. The number of hydrogen-bond donors (Lipinski definition) is 1. The molecule has 1 aromatic heterocycles. The molecular formula is C17H22N2O2S. The van der Waals surface area contributed by atoms with Gasteiger partial charge in [-0.1, -0.05) is 17.7 Å². The van der Waals surface area contributed by atoms with Crippen molar-refractivity contribution in [1.82, 2.24) is 4.98 Å². The van der Waals surface area contributed by atoms with Crippen molar-refractivity contribution in [3.8, 4) is 5.75 Å². The summed E-state index contributed by atoms with van der Waals surface area (Å²) in [5.41, 5.74) is 3.31. The number of anilines is 1. The number of aryl methyl sites for hydroxylation is 4. The number of benzene rings is 1. The molecule has 2 rings (SSSR count). The molecule has 4 nitrogen and oxygen atoms in total. The lowest BCUT2D eigenvalue weighted by Crippen LogP contribution is -2.12. The highest BCUT2D eigenvalue weighted by Crippen LogP contribution is 2.21. The van der Waals surface area contributed by atoms with Crippen LogP contribution >= 0.6 is 11.3 Å². The molecule has 0 unspecified atom stereocenters. The van der Waals surface area contributed by atoms with Crippen molar-refractivity contribution in [2.24, 2.45) is 0 Å². The minimum Gasteiger partial charge on any atom is -0.493 e. The first-order chi connectivity index (χ1) is 10.5. The van der Waals surface area contributed by atoms with Crippen LogP contribution in [0.3, 0.4) is 0 Å². The Bertz CT molecular complexity index is 645. The topological polar surface area (TPSA) is 51.2 Å². The smallest absolute Gasteiger partial charge is 0.226 e. The van der Waals surface area contributed by atoms with E-state index in [-0.39, 0.29) is 5.91 Å². The largest absolute Gasteiger partial charge is 0.493 e. The van der Waals surface area contributed by atoms with E-state index in [1.54, 1.807) is 0 Å². The zero-order valence-corrected chi connectivity index (χ0v) is 14.3. The maximum atomic E-state index is 11.9. The number of carbonyl (C=O) groups is 1. The first-order valence-corrected chi connectivity index (χ1v) is 8.21. The Morgan fingerprint density at radius 3 is 2.68 bits per heavy atom. The van der Waals surface area contributed by atoms with Gasteiger partial charge in [-0.3, -0.25) is 4.79 Å². The second kappa shape index (κ2) is 7.40. The van der Waals surface area contributed by atoms with E-state index in [0.29, 0.717) is 24.6 Å². The van der Waals surface area contributed by atoms with Gasteiger partial charge in [0.2, 0.25) is 5.91 Å². The third-order valence-electron chi connectivity index (χ3n) is 3.41. The van der Waals surface area contributed by atoms with E-state index < -0.39 is 0 Å². The molecule has 118 valence electrons. The quantitative estimate of drug-likeness (QED) is 0.813. The van der Waals surface area contributed by atoms with E-state index in [1.165, 1.54) is 16.9 Å². The molecule has 1 aromatic carbocycles. The molecule has 0 bridgehead atoms.